The van der Waals surface area contributed by atoms with Crippen LogP contribution in [0.1, 0.15) is 34.8 Å². The monoisotopic (exact) mass is 554 g/mol. The smallest absolute Gasteiger partial charge is 0.416 e. The van der Waals surface area contributed by atoms with Gasteiger partial charge in [-0.15, -0.1) is 0 Å². The number of fused-ring (bicyclic) bond motifs is 1. The average molecular weight is 555 g/mol. The van der Waals surface area contributed by atoms with Gasteiger partial charge in [-0.25, -0.2) is 4.79 Å². The third-order valence-electron chi connectivity index (χ3n) is 7.04. The molecule has 0 saturated carbocycles. The van der Waals surface area contributed by atoms with Gasteiger partial charge >= 0.3 is 11.9 Å². The minimum Gasteiger partial charge on any atom is -0.489 e. The van der Waals surface area contributed by atoms with Crippen molar-refractivity contribution in [1.29, 1.82) is 0 Å². The molecule has 3 N–H and O–H groups in total. The Kier molecular flexibility index (Phi) is 7.95. The molecule has 1 aliphatic rings. The minimum absolute atomic E-state index is 0.000273. The number of nitrogens with one attached hydrogen (secondary N) is 2. The fraction of sp³-hybridized carbons (Fsp3) is 0.310. The van der Waals surface area contributed by atoms with Gasteiger partial charge in [0.05, 0.1) is 22.3 Å². The van der Waals surface area contributed by atoms with Crippen LogP contribution in [-0.2, 0) is 6.18 Å². The standard InChI is InChI=1S/C29H29F3N4O4/c30-29(31,32)20-10-11-23-25(16-20)36(28(39)34-23)21-12-14-35(15-13-21)17-22(37)18-40-26-9-5-4-8-24(26)33-27(38)19-6-2-1-3-7-19/h1-11,16,21-22,37H,12-15,17-18H2,(H,33,38)(H,34,39). The van der Waals surface area contributed by atoms with Crippen LogP contribution in [0.25, 0.3) is 11.0 Å². The summed E-state index contributed by atoms with van der Waals surface area (Å²) in [6.07, 6.45) is -4.22. The molecular formula is C29H29F3N4O4. The van der Waals surface area contributed by atoms with Crippen LogP contribution < -0.4 is 15.7 Å². The van der Waals surface area contributed by atoms with Gasteiger partial charge in [-0.05, 0) is 55.3 Å². The molecule has 3 aromatic carbocycles. The van der Waals surface area contributed by atoms with E-state index in [-0.39, 0.29) is 24.1 Å². The third kappa shape index (κ3) is 6.21. The van der Waals surface area contributed by atoms with Gasteiger partial charge in [0.15, 0.2) is 0 Å². The SMILES string of the molecule is O=C(Nc1ccccc1OCC(O)CN1CCC(n2c(=O)[nH]c3ccc(C(F)(F)F)cc32)CC1)c1ccccc1. The van der Waals surface area contributed by atoms with Crippen molar-refractivity contribution in [3.05, 3.63) is 94.4 Å². The van der Waals surface area contributed by atoms with Gasteiger partial charge in [0.2, 0.25) is 0 Å². The van der Waals surface area contributed by atoms with E-state index < -0.39 is 23.5 Å². The third-order valence-corrected chi connectivity index (χ3v) is 7.04. The van der Waals surface area contributed by atoms with E-state index in [1.165, 1.54) is 10.6 Å². The summed E-state index contributed by atoms with van der Waals surface area (Å²) in [5.74, 6) is 0.158. The summed E-state index contributed by atoms with van der Waals surface area (Å²) >= 11 is 0. The molecule has 210 valence electrons. The molecule has 1 fully saturated rings. The van der Waals surface area contributed by atoms with E-state index in [1.54, 1.807) is 48.5 Å². The van der Waals surface area contributed by atoms with E-state index in [4.69, 9.17) is 4.74 Å². The molecule has 1 aliphatic heterocycles. The van der Waals surface area contributed by atoms with Crippen molar-refractivity contribution in [2.45, 2.75) is 31.2 Å². The Morgan fingerprint density at radius 2 is 1.75 bits per heavy atom. The number of hydrogen-bond acceptors (Lipinski definition) is 5. The first-order chi connectivity index (χ1) is 19.2. The van der Waals surface area contributed by atoms with Gasteiger partial charge < -0.3 is 25.0 Å². The predicted molar refractivity (Wildman–Crippen MR) is 145 cm³/mol. The number of rotatable bonds is 8. The summed E-state index contributed by atoms with van der Waals surface area (Å²) in [6, 6.07) is 18.8. The number of amides is 1. The number of carbonyl (C=O) groups excluding carboxylic acids is 1. The van der Waals surface area contributed by atoms with Crippen LogP contribution in [0.3, 0.4) is 0 Å². The van der Waals surface area contributed by atoms with Gasteiger partial charge in [0.25, 0.3) is 5.91 Å². The molecule has 0 radical (unpaired) electrons. The Bertz CT molecular complexity index is 1530. The number of nitrogens with zero attached hydrogens (tertiary/aromatic N) is 2. The number of benzene rings is 3. The normalized spacial score (nSPS) is 15.7. The number of ether oxygens (including phenoxy) is 1. The van der Waals surface area contributed by atoms with Crippen molar-refractivity contribution in [2.75, 3.05) is 31.6 Å². The molecule has 0 aliphatic carbocycles. The molecular weight excluding hydrogens is 525 g/mol. The van der Waals surface area contributed by atoms with Crippen LogP contribution in [0.5, 0.6) is 5.75 Å². The summed E-state index contributed by atoms with van der Waals surface area (Å²) in [5, 5.41) is 13.5. The Morgan fingerprint density at radius 1 is 1.05 bits per heavy atom. The maximum absolute atomic E-state index is 13.2. The first kappa shape index (κ1) is 27.5. The van der Waals surface area contributed by atoms with E-state index in [0.717, 1.165) is 12.1 Å². The fourth-order valence-corrected chi connectivity index (χ4v) is 5.04. The largest absolute Gasteiger partial charge is 0.489 e. The summed E-state index contributed by atoms with van der Waals surface area (Å²) in [6.45, 7) is 1.44. The molecule has 1 unspecified atom stereocenters. The molecule has 0 spiro atoms. The van der Waals surface area contributed by atoms with Gasteiger partial charge in [-0.2, -0.15) is 13.2 Å². The molecule has 1 atom stereocenters. The lowest BCUT2D eigenvalue weighted by Crippen LogP contribution is -2.42. The van der Waals surface area contributed by atoms with Crippen LogP contribution in [0.4, 0.5) is 18.9 Å². The number of H-pyrrole nitrogens is 1. The number of piperidine rings is 1. The number of imidazole rings is 1. The molecule has 5 rings (SSSR count). The lowest BCUT2D eigenvalue weighted by atomic mass is 10.0. The molecule has 0 bridgehead atoms. The minimum atomic E-state index is -4.50. The Labute approximate surface area is 228 Å². The molecule has 1 amide bonds. The Morgan fingerprint density at radius 3 is 2.48 bits per heavy atom. The van der Waals surface area contributed by atoms with E-state index in [1.807, 2.05) is 11.0 Å². The van der Waals surface area contributed by atoms with E-state index in [0.29, 0.717) is 55.0 Å². The number of aromatic amines is 1. The molecule has 4 aromatic rings. The maximum atomic E-state index is 13.2. The maximum Gasteiger partial charge on any atom is 0.416 e. The highest BCUT2D eigenvalue weighted by molar-refractivity contribution is 6.04. The van der Waals surface area contributed by atoms with Gasteiger partial charge in [-0.1, -0.05) is 30.3 Å². The molecule has 1 aromatic heterocycles. The molecule has 2 heterocycles. The second-order valence-corrected chi connectivity index (χ2v) is 9.84. The average Bonchev–Trinajstić information content (AvgIpc) is 3.28. The van der Waals surface area contributed by atoms with Gasteiger partial charge in [0, 0.05) is 31.2 Å². The fourth-order valence-electron chi connectivity index (χ4n) is 5.04. The quantitative estimate of drug-likeness (QED) is 0.294. The number of aliphatic hydroxyl groups excluding tert-OH is 1. The number of hydrogen-bond donors (Lipinski definition) is 3. The number of alkyl halides is 3. The number of para-hydroxylation sites is 2. The van der Waals surface area contributed by atoms with Crippen molar-refractivity contribution in [2.24, 2.45) is 0 Å². The summed E-state index contributed by atoms with van der Waals surface area (Å²) in [5.41, 5.74) is 0.380. The molecule has 11 heteroatoms. The topological polar surface area (TPSA) is 99.6 Å². The number of aromatic nitrogens is 2. The lowest BCUT2D eigenvalue weighted by molar-refractivity contribution is -0.137. The molecule has 1 saturated heterocycles. The highest BCUT2D eigenvalue weighted by atomic mass is 19.4. The zero-order valence-electron chi connectivity index (χ0n) is 21.5. The predicted octanol–water partition coefficient (Wildman–Crippen LogP) is 4.68. The van der Waals surface area contributed by atoms with Crippen molar-refractivity contribution in [3.8, 4) is 5.75 Å². The second kappa shape index (κ2) is 11.6. The van der Waals surface area contributed by atoms with Gasteiger partial charge in [-0.3, -0.25) is 9.36 Å². The van der Waals surface area contributed by atoms with E-state index in [2.05, 4.69) is 10.3 Å². The van der Waals surface area contributed by atoms with Gasteiger partial charge in [0.1, 0.15) is 18.5 Å². The number of halogens is 3. The van der Waals surface area contributed by atoms with Crippen LogP contribution in [0, 0.1) is 0 Å². The number of aliphatic hydroxyl groups is 1. The number of β-amino-alcohol motifs (C(OH)–C–C–N with tert-alkyl or cyclic N) is 1. The van der Waals surface area contributed by atoms with E-state index >= 15 is 0 Å². The first-order valence-electron chi connectivity index (χ1n) is 13.0. The molecule has 40 heavy (non-hydrogen) atoms. The van der Waals surface area contributed by atoms with Crippen molar-refractivity contribution in [1.82, 2.24) is 14.5 Å². The van der Waals surface area contributed by atoms with Crippen molar-refractivity contribution < 1.29 is 27.8 Å². The summed E-state index contributed by atoms with van der Waals surface area (Å²) < 4.78 is 46.9. The first-order valence-corrected chi connectivity index (χ1v) is 13.0. The zero-order chi connectivity index (χ0) is 28.3. The highest BCUT2D eigenvalue weighted by Crippen LogP contribution is 2.32. The Hall–Kier alpha value is -4.09. The zero-order valence-corrected chi connectivity index (χ0v) is 21.5. The van der Waals surface area contributed by atoms with Crippen molar-refractivity contribution in [3.63, 3.8) is 0 Å². The number of anilines is 1. The van der Waals surface area contributed by atoms with Crippen LogP contribution in [0.15, 0.2) is 77.6 Å². The van der Waals surface area contributed by atoms with Crippen LogP contribution >= 0.6 is 0 Å². The summed E-state index contributed by atoms with van der Waals surface area (Å²) in [4.78, 5) is 29.8. The highest BCUT2D eigenvalue weighted by Gasteiger charge is 2.32. The van der Waals surface area contributed by atoms with E-state index in [9.17, 15) is 27.9 Å². The van der Waals surface area contributed by atoms with Crippen LogP contribution in [-0.4, -0.2) is 57.8 Å². The Balaban J connectivity index is 1.16. The van der Waals surface area contributed by atoms with Crippen LogP contribution in [0.2, 0.25) is 0 Å². The van der Waals surface area contributed by atoms with Crippen molar-refractivity contribution >= 4 is 22.6 Å². The summed E-state index contributed by atoms with van der Waals surface area (Å²) in [7, 11) is 0. The lowest BCUT2D eigenvalue weighted by Gasteiger charge is -2.33. The second-order valence-electron chi connectivity index (χ2n) is 9.84. The molecule has 8 nitrogen and oxygen atoms in total. The number of likely N-dealkylation sites (tertiary alicyclic amines) is 1. The number of carbonyl (C=O) groups is 1.